The fraction of sp³-hybridized carbons (Fsp3) is 0.200. The minimum absolute atomic E-state index is 0.618. The first-order valence-corrected chi connectivity index (χ1v) is 4.86. The van der Waals surface area contributed by atoms with Crippen LogP contribution in [0.2, 0.25) is 0 Å². The number of nitrogens with zero attached hydrogens (tertiary/aromatic N) is 5. The van der Waals surface area contributed by atoms with Gasteiger partial charge in [-0.05, 0) is 6.92 Å². The third kappa shape index (κ3) is 1.54. The van der Waals surface area contributed by atoms with Crippen molar-refractivity contribution in [3.63, 3.8) is 0 Å². The number of hydrogen-bond donors (Lipinski definition) is 0. The minimum atomic E-state index is 0.618. The molecule has 0 aliphatic carbocycles. The maximum atomic E-state index is 5.00. The Bertz CT molecular complexity index is 585. The fourth-order valence-corrected chi connectivity index (χ4v) is 1.55. The highest BCUT2D eigenvalue weighted by atomic mass is 16.5. The van der Waals surface area contributed by atoms with Gasteiger partial charge in [-0.1, -0.05) is 5.16 Å². The summed E-state index contributed by atoms with van der Waals surface area (Å²) in [5, 5.41) is 3.92. The lowest BCUT2D eigenvalue weighted by Gasteiger charge is -2.03. The van der Waals surface area contributed by atoms with Crippen LogP contribution in [0.25, 0.3) is 11.5 Å². The van der Waals surface area contributed by atoms with Crippen LogP contribution in [0.3, 0.4) is 0 Å². The van der Waals surface area contributed by atoms with Crippen LogP contribution >= 0.6 is 0 Å². The van der Waals surface area contributed by atoms with Crippen LogP contribution in [0.4, 0.5) is 0 Å². The predicted molar refractivity (Wildman–Crippen MR) is 54.8 cm³/mol. The van der Waals surface area contributed by atoms with Gasteiger partial charge in [-0.15, -0.1) is 0 Å². The highest BCUT2D eigenvalue weighted by Crippen LogP contribution is 2.12. The van der Waals surface area contributed by atoms with Crippen molar-refractivity contribution in [1.29, 1.82) is 0 Å². The number of aryl methyl sites for hydroxylation is 1. The van der Waals surface area contributed by atoms with Gasteiger partial charge in [0, 0.05) is 12.3 Å². The first-order valence-electron chi connectivity index (χ1n) is 4.86. The molecule has 0 N–H and O–H groups in total. The van der Waals surface area contributed by atoms with Gasteiger partial charge in [-0.25, -0.2) is 15.0 Å². The Balaban J connectivity index is 1.92. The van der Waals surface area contributed by atoms with Crippen LogP contribution < -0.4 is 0 Å². The molecule has 16 heavy (non-hydrogen) atoms. The Morgan fingerprint density at radius 3 is 3.06 bits per heavy atom. The van der Waals surface area contributed by atoms with Crippen molar-refractivity contribution in [2.75, 3.05) is 0 Å². The minimum Gasteiger partial charge on any atom is -0.361 e. The molecule has 1 aromatic heterocycles. The van der Waals surface area contributed by atoms with E-state index in [0.717, 1.165) is 17.1 Å². The lowest BCUT2D eigenvalue weighted by Crippen LogP contribution is -2.03. The quantitative estimate of drug-likeness (QED) is 0.640. The molecule has 6 heteroatoms. The average Bonchev–Trinajstić information content (AvgIpc) is 2.87. The van der Waals surface area contributed by atoms with Gasteiger partial charge < -0.3 is 9.09 Å². The number of imidazole rings is 1. The molecule has 6 nitrogen and oxygen atoms in total. The summed E-state index contributed by atoms with van der Waals surface area (Å²) in [6.07, 6.45) is 5.10. The second-order valence-electron chi connectivity index (χ2n) is 3.56. The van der Waals surface area contributed by atoms with Crippen LogP contribution in [0.1, 0.15) is 11.5 Å². The van der Waals surface area contributed by atoms with Crippen molar-refractivity contribution in [3.05, 3.63) is 36.4 Å². The molecule has 3 rings (SSSR count). The van der Waals surface area contributed by atoms with Crippen molar-refractivity contribution in [2.24, 2.45) is 0 Å². The van der Waals surface area contributed by atoms with Gasteiger partial charge >= 0.3 is 0 Å². The van der Waals surface area contributed by atoms with Crippen LogP contribution in [-0.2, 0) is 6.54 Å². The van der Waals surface area contributed by atoms with Gasteiger partial charge in [0.2, 0.25) is 0 Å². The van der Waals surface area contributed by atoms with Crippen LogP contribution in [-0.4, -0.2) is 24.7 Å². The first kappa shape index (κ1) is 9.02. The summed E-state index contributed by atoms with van der Waals surface area (Å²) in [7, 11) is 0. The normalized spacial score (nSPS) is 11.1. The summed E-state index contributed by atoms with van der Waals surface area (Å²) in [6.45, 7) is 2.48. The van der Waals surface area contributed by atoms with Gasteiger partial charge in [0.1, 0.15) is 23.5 Å². The van der Waals surface area contributed by atoms with E-state index >= 15 is 0 Å². The zero-order valence-electron chi connectivity index (χ0n) is 8.66. The van der Waals surface area contributed by atoms with E-state index < -0.39 is 0 Å². The highest BCUT2D eigenvalue weighted by molar-refractivity contribution is 5.47. The van der Waals surface area contributed by atoms with Crippen molar-refractivity contribution >= 4 is 0 Å². The van der Waals surface area contributed by atoms with Crippen molar-refractivity contribution < 1.29 is 4.52 Å². The largest absolute Gasteiger partial charge is 0.361 e. The van der Waals surface area contributed by atoms with Gasteiger partial charge in [-0.2, -0.15) is 0 Å². The second-order valence-corrected chi connectivity index (χ2v) is 3.56. The van der Waals surface area contributed by atoms with E-state index in [1.54, 1.807) is 6.33 Å². The molecule has 2 aliphatic rings. The number of aromatic nitrogens is 5. The topological polar surface area (TPSA) is 69.6 Å². The van der Waals surface area contributed by atoms with Gasteiger partial charge in [0.15, 0.2) is 5.82 Å². The lowest BCUT2D eigenvalue weighted by molar-refractivity contribution is 0.389. The number of rotatable bonds is 2. The zero-order valence-corrected chi connectivity index (χ0v) is 8.66. The molecule has 0 radical (unpaired) electrons. The molecule has 0 saturated heterocycles. The molecule has 0 fully saturated rings. The second kappa shape index (κ2) is 3.41. The molecule has 0 saturated carbocycles. The van der Waals surface area contributed by atoms with E-state index in [-0.39, 0.29) is 0 Å². The monoisotopic (exact) mass is 215 g/mol. The molecule has 1 aromatic rings. The molecule has 0 spiro atoms. The highest BCUT2D eigenvalue weighted by Gasteiger charge is 2.07. The van der Waals surface area contributed by atoms with Crippen molar-refractivity contribution in [2.45, 2.75) is 13.5 Å². The molecule has 0 aromatic carbocycles. The lowest BCUT2D eigenvalue weighted by atomic mass is 10.3. The van der Waals surface area contributed by atoms with Gasteiger partial charge in [0.05, 0.1) is 12.9 Å². The summed E-state index contributed by atoms with van der Waals surface area (Å²) in [6, 6.07) is 1.90. The van der Waals surface area contributed by atoms with E-state index in [0.29, 0.717) is 12.4 Å². The molecular formula is C10H9N5O. The SMILES string of the molecule is Cc1cc(Cn2cnc3ncnc-3c2)no1. The summed E-state index contributed by atoms with van der Waals surface area (Å²) in [5.41, 5.74) is 1.64. The molecule has 3 heterocycles. The standard InChI is InChI=1S/C10H9N5O/c1-7-2-8(14-16-7)3-15-4-9-10(13-6-15)12-5-11-9/h2,4-6H,3H2,1H3. The maximum Gasteiger partial charge on any atom is 0.182 e. The fourth-order valence-electron chi connectivity index (χ4n) is 1.55. The Hall–Kier alpha value is -2.24. The third-order valence-corrected chi connectivity index (χ3v) is 2.24. The Kier molecular flexibility index (Phi) is 1.92. The van der Waals surface area contributed by atoms with E-state index in [1.165, 1.54) is 6.33 Å². The predicted octanol–water partition coefficient (Wildman–Crippen LogP) is 1.12. The molecule has 80 valence electrons. The molecule has 2 aliphatic heterocycles. The van der Waals surface area contributed by atoms with Crippen LogP contribution in [0.15, 0.2) is 29.4 Å². The molecule has 0 unspecified atom stereocenters. The summed E-state index contributed by atoms with van der Waals surface area (Å²) in [5.74, 6) is 1.46. The van der Waals surface area contributed by atoms with E-state index in [9.17, 15) is 0 Å². The summed E-state index contributed by atoms with van der Waals surface area (Å²) >= 11 is 0. The smallest absolute Gasteiger partial charge is 0.182 e. The number of hydrogen-bond acceptors (Lipinski definition) is 5. The van der Waals surface area contributed by atoms with E-state index in [4.69, 9.17) is 4.52 Å². The van der Waals surface area contributed by atoms with Crippen molar-refractivity contribution in [1.82, 2.24) is 24.7 Å². The van der Waals surface area contributed by atoms with E-state index in [2.05, 4.69) is 20.1 Å². The Morgan fingerprint density at radius 2 is 2.25 bits per heavy atom. The zero-order chi connectivity index (χ0) is 11.0. The molecule has 0 atom stereocenters. The average molecular weight is 215 g/mol. The van der Waals surface area contributed by atoms with Gasteiger partial charge in [-0.3, -0.25) is 0 Å². The van der Waals surface area contributed by atoms with Crippen LogP contribution in [0.5, 0.6) is 0 Å². The third-order valence-electron chi connectivity index (χ3n) is 2.24. The maximum absolute atomic E-state index is 5.00. The first-order chi connectivity index (χ1) is 7.81. The van der Waals surface area contributed by atoms with E-state index in [1.807, 2.05) is 23.8 Å². The molecule has 0 bridgehead atoms. The van der Waals surface area contributed by atoms with Crippen LogP contribution in [0, 0.1) is 6.92 Å². The molecule has 0 amide bonds. The molecular weight excluding hydrogens is 206 g/mol. The summed E-state index contributed by atoms with van der Waals surface area (Å²) in [4.78, 5) is 12.3. The Labute approximate surface area is 91.3 Å². The number of fused-ring (bicyclic) bond motifs is 1. The van der Waals surface area contributed by atoms with Gasteiger partial charge in [0.25, 0.3) is 0 Å². The summed E-state index contributed by atoms with van der Waals surface area (Å²) < 4.78 is 6.89. The Morgan fingerprint density at radius 1 is 1.31 bits per heavy atom. The van der Waals surface area contributed by atoms with Crippen molar-refractivity contribution in [3.8, 4) is 11.5 Å².